The van der Waals surface area contributed by atoms with Gasteiger partial charge in [-0.3, -0.25) is 9.69 Å². The zero-order chi connectivity index (χ0) is 29.4. The molecule has 3 aromatic carbocycles. The lowest BCUT2D eigenvalue weighted by Crippen LogP contribution is -2.38. The van der Waals surface area contributed by atoms with E-state index >= 15 is 0 Å². The lowest BCUT2D eigenvalue weighted by atomic mass is 9.73. The van der Waals surface area contributed by atoms with Gasteiger partial charge in [-0.05, 0) is 35.1 Å². The number of oxazole rings is 1. The van der Waals surface area contributed by atoms with Crippen molar-refractivity contribution in [1.29, 1.82) is 0 Å². The Hall–Kier alpha value is -3.78. The van der Waals surface area contributed by atoms with Gasteiger partial charge in [-0.15, -0.1) is 0 Å². The molecular weight excluding hydrogens is 526 g/mol. The lowest BCUT2D eigenvalue weighted by molar-refractivity contribution is -0.119. The van der Waals surface area contributed by atoms with Gasteiger partial charge in [0.15, 0.2) is 5.60 Å². The minimum atomic E-state index is -1.29. The Morgan fingerprint density at radius 2 is 1.62 bits per heavy atom. The minimum Gasteiger partial charge on any atom is -0.442 e. The molecule has 2 atom stereocenters. The molecular formula is C35H41N3O4. The fourth-order valence-corrected chi connectivity index (χ4v) is 6.26. The van der Waals surface area contributed by atoms with Crippen molar-refractivity contribution in [2.45, 2.75) is 69.7 Å². The number of rotatable bonds is 13. The molecule has 220 valence electrons. The van der Waals surface area contributed by atoms with Crippen LogP contribution in [0, 0.1) is 5.92 Å². The fourth-order valence-electron chi connectivity index (χ4n) is 6.26. The van der Waals surface area contributed by atoms with Crippen molar-refractivity contribution < 1.29 is 19.4 Å². The Morgan fingerprint density at radius 3 is 2.26 bits per heavy atom. The summed E-state index contributed by atoms with van der Waals surface area (Å²) < 4.78 is 6.35. The molecule has 1 fully saturated rings. The van der Waals surface area contributed by atoms with Gasteiger partial charge in [0.05, 0.1) is 12.8 Å². The van der Waals surface area contributed by atoms with Crippen molar-refractivity contribution in [3.8, 4) is 0 Å². The molecule has 2 unspecified atom stereocenters. The lowest BCUT2D eigenvalue weighted by Gasteiger charge is -2.36. The molecule has 4 aromatic rings. The third-order valence-corrected chi connectivity index (χ3v) is 8.55. The second-order valence-corrected chi connectivity index (χ2v) is 11.4. The van der Waals surface area contributed by atoms with E-state index in [9.17, 15) is 15.0 Å². The summed E-state index contributed by atoms with van der Waals surface area (Å²) in [6, 6.07) is 27.3. The molecule has 1 heterocycles. The maximum Gasteiger partial charge on any atom is 0.231 e. The van der Waals surface area contributed by atoms with Crippen molar-refractivity contribution in [3.05, 3.63) is 125 Å². The molecule has 7 nitrogen and oxygen atoms in total. The van der Waals surface area contributed by atoms with E-state index in [1.807, 2.05) is 72.8 Å². The van der Waals surface area contributed by atoms with Gasteiger partial charge < -0.3 is 20.4 Å². The number of amides is 1. The van der Waals surface area contributed by atoms with Gasteiger partial charge in [0, 0.05) is 37.9 Å². The average molecular weight is 568 g/mol. The number of nitrogens with two attached hydrogens (primary N) is 1. The van der Waals surface area contributed by atoms with E-state index in [1.54, 1.807) is 6.20 Å². The number of hydrogen-bond donors (Lipinski definition) is 3. The van der Waals surface area contributed by atoms with Gasteiger partial charge in [0.2, 0.25) is 11.8 Å². The van der Waals surface area contributed by atoms with Crippen LogP contribution in [0.25, 0.3) is 0 Å². The molecule has 1 aliphatic rings. The maximum atomic E-state index is 12.2. The van der Waals surface area contributed by atoms with E-state index in [1.165, 1.54) is 6.42 Å². The largest absolute Gasteiger partial charge is 0.442 e. The molecule has 5 rings (SSSR count). The molecule has 1 aliphatic carbocycles. The molecule has 0 aliphatic heterocycles. The Balaban J connectivity index is 1.42. The van der Waals surface area contributed by atoms with Gasteiger partial charge in [0.25, 0.3) is 0 Å². The Bertz CT molecular complexity index is 1400. The SMILES string of the molecule is NC(=O)CC(c1ccc(CO)cc1)N(CCc1cnc(C(O)(c2ccccc2)C2CCCCC2)o1)Cc1ccccc1. The van der Waals surface area contributed by atoms with Crippen LogP contribution in [0.5, 0.6) is 0 Å². The number of hydrogen-bond acceptors (Lipinski definition) is 6. The van der Waals surface area contributed by atoms with E-state index in [0.29, 0.717) is 31.2 Å². The highest BCUT2D eigenvalue weighted by atomic mass is 16.4. The predicted molar refractivity (Wildman–Crippen MR) is 162 cm³/mol. The number of aromatic nitrogens is 1. The van der Waals surface area contributed by atoms with E-state index in [4.69, 9.17) is 10.2 Å². The number of carbonyl (C=O) groups is 1. The summed E-state index contributed by atoms with van der Waals surface area (Å²) in [4.78, 5) is 19.1. The van der Waals surface area contributed by atoms with Crippen LogP contribution in [0.1, 0.15) is 78.5 Å². The van der Waals surface area contributed by atoms with Crippen molar-refractivity contribution in [2.75, 3.05) is 6.54 Å². The monoisotopic (exact) mass is 567 g/mol. The third kappa shape index (κ3) is 6.98. The first-order valence-corrected chi connectivity index (χ1v) is 15.0. The van der Waals surface area contributed by atoms with Gasteiger partial charge in [-0.1, -0.05) is 104 Å². The number of carbonyl (C=O) groups excluding carboxylic acids is 1. The molecule has 0 radical (unpaired) electrons. The standard InChI is InChI=1S/C35H41N3O4/c36-33(40)22-32(28-18-16-27(25-39)17-19-28)38(24-26-10-4-1-5-11-26)21-20-31-23-37-34(42-31)35(41,29-12-6-2-7-13-29)30-14-8-3-9-15-30/h1-2,4-7,10-13,16-19,23,30,32,39,41H,3,8-9,14-15,20-22,24-25H2,(H2,36,40). The molecule has 0 bridgehead atoms. The summed E-state index contributed by atoms with van der Waals surface area (Å²) in [5.74, 6) is 0.684. The van der Waals surface area contributed by atoms with Gasteiger partial charge in [-0.25, -0.2) is 4.98 Å². The van der Waals surface area contributed by atoms with Crippen LogP contribution in [0.3, 0.4) is 0 Å². The Labute approximate surface area is 248 Å². The zero-order valence-electron chi connectivity index (χ0n) is 24.1. The van der Waals surface area contributed by atoms with E-state index in [2.05, 4.69) is 22.0 Å². The highest BCUT2D eigenvalue weighted by Gasteiger charge is 2.44. The quantitative estimate of drug-likeness (QED) is 0.193. The summed E-state index contributed by atoms with van der Waals surface area (Å²) in [5, 5.41) is 21.7. The topological polar surface area (TPSA) is 113 Å². The molecule has 7 heteroatoms. The fraction of sp³-hybridized carbons (Fsp3) is 0.371. The van der Waals surface area contributed by atoms with Gasteiger partial charge >= 0.3 is 0 Å². The van der Waals surface area contributed by atoms with Crippen LogP contribution in [0.15, 0.2) is 95.5 Å². The highest BCUT2D eigenvalue weighted by Crippen LogP contribution is 2.43. The molecule has 1 saturated carbocycles. The van der Waals surface area contributed by atoms with Crippen molar-refractivity contribution in [1.82, 2.24) is 9.88 Å². The zero-order valence-corrected chi connectivity index (χ0v) is 24.1. The first-order valence-electron chi connectivity index (χ1n) is 15.0. The van der Waals surface area contributed by atoms with Gasteiger partial charge in [0.1, 0.15) is 5.76 Å². The van der Waals surface area contributed by atoms with Crippen LogP contribution in [-0.2, 0) is 30.0 Å². The normalized spacial score (nSPS) is 16.3. The van der Waals surface area contributed by atoms with E-state index < -0.39 is 5.60 Å². The minimum absolute atomic E-state index is 0.0385. The summed E-state index contributed by atoms with van der Waals surface area (Å²) in [5.41, 5.74) is 8.15. The van der Waals surface area contributed by atoms with Crippen molar-refractivity contribution in [3.63, 3.8) is 0 Å². The molecule has 0 spiro atoms. The number of nitrogens with zero attached hydrogens (tertiary/aromatic N) is 2. The van der Waals surface area contributed by atoms with Gasteiger partial charge in [-0.2, -0.15) is 0 Å². The molecule has 4 N–H and O–H groups in total. The first-order chi connectivity index (χ1) is 20.5. The number of benzene rings is 3. The first kappa shape index (κ1) is 29.7. The second kappa shape index (κ2) is 13.9. The molecule has 1 aromatic heterocycles. The predicted octanol–water partition coefficient (Wildman–Crippen LogP) is 5.64. The van der Waals surface area contributed by atoms with Crippen LogP contribution in [-0.4, -0.2) is 32.5 Å². The smallest absolute Gasteiger partial charge is 0.231 e. The summed E-state index contributed by atoms with van der Waals surface area (Å²) >= 11 is 0. The number of aliphatic hydroxyl groups is 2. The Kier molecular flexibility index (Phi) is 9.85. The van der Waals surface area contributed by atoms with Crippen molar-refractivity contribution >= 4 is 5.91 Å². The second-order valence-electron chi connectivity index (χ2n) is 11.4. The number of aliphatic hydroxyl groups excluding tert-OH is 1. The average Bonchev–Trinajstić information content (AvgIpc) is 3.52. The third-order valence-electron chi connectivity index (χ3n) is 8.55. The van der Waals surface area contributed by atoms with Crippen LogP contribution < -0.4 is 5.73 Å². The van der Waals surface area contributed by atoms with Crippen LogP contribution in [0.2, 0.25) is 0 Å². The van der Waals surface area contributed by atoms with Crippen LogP contribution in [0.4, 0.5) is 0 Å². The molecule has 0 saturated heterocycles. The maximum absolute atomic E-state index is 12.2. The summed E-state index contributed by atoms with van der Waals surface area (Å²) in [7, 11) is 0. The van der Waals surface area contributed by atoms with E-state index in [0.717, 1.165) is 47.9 Å². The highest BCUT2D eigenvalue weighted by molar-refractivity contribution is 5.74. The molecule has 1 amide bonds. The summed E-state index contributed by atoms with van der Waals surface area (Å²) in [6.45, 7) is 1.15. The Morgan fingerprint density at radius 1 is 0.952 bits per heavy atom. The van der Waals surface area contributed by atoms with Crippen molar-refractivity contribution in [2.24, 2.45) is 11.7 Å². The molecule has 42 heavy (non-hydrogen) atoms. The van der Waals surface area contributed by atoms with E-state index in [-0.39, 0.29) is 30.9 Å². The summed E-state index contributed by atoms with van der Waals surface area (Å²) in [6.07, 6.45) is 7.64. The number of primary amides is 1. The van der Waals surface area contributed by atoms with Crippen LogP contribution >= 0.6 is 0 Å².